The molecule has 0 N–H and O–H groups in total. The van der Waals surface area contributed by atoms with Crippen LogP contribution in [-0.2, 0) is 6.54 Å². The van der Waals surface area contributed by atoms with Crippen LogP contribution in [0.5, 0.6) is 5.75 Å². The molecule has 3 nitrogen and oxygen atoms in total. The predicted octanol–water partition coefficient (Wildman–Crippen LogP) is 3.48. The maximum Gasteiger partial charge on any atom is 0.157 e. The molecule has 0 amide bonds. The summed E-state index contributed by atoms with van der Waals surface area (Å²) in [6, 6.07) is 0. The second-order valence-corrected chi connectivity index (χ2v) is 4.71. The van der Waals surface area contributed by atoms with Gasteiger partial charge in [0.15, 0.2) is 5.75 Å². The molecule has 0 fully saturated rings. The van der Waals surface area contributed by atoms with Gasteiger partial charge in [-0.05, 0) is 12.8 Å². The average molecular weight is 289 g/mol. The molecule has 0 aliphatic rings. The Balaban J connectivity index is 2.34. The second kappa shape index (κ2) is 7.71. The zero-order valence-corrected chi connectivity index (χ0v) is 11.7. The van der Waals surface area contributed by atoms with E-state index in [-0.39, 0.29) is 0 Å². The fourth-order valence-electron chi connectivity index (χ4n) is 1.60. The van der Waals surface area contributed by atoms with Crippen LogP contribution in [0.1, 0.15) is 33.1 Å². The van der Waals surface area contributed by atoms with Gasteiger partial charge in [-0.2, -0.15) is 5.10 Å². The average Bonchev–Trinajstić information content (AvgIpc) is 2.72. The van der Waals surface area contributed by atoms with Crippen LogP contribution in [0.15, 0.2) is 12.4 Å². The standard InChI is InChI=1S/C12H21BrN2O/c1-3-5-11(7-13)10-16-12-8-14-15(9-12)6-4-2/h8-9,11H,3-7,10H2,1-2H3. The van der Waals surface area contributed by atoms with Gasteiger partial charge in [-0.15, -0.1) is 0 Å². The van der Waals surface area contributed by atoms with Crippen molar-refractivity contribution in [1.82, 2.24) is 9.78 Å². The molecule has 0 spiro atoms. The Morgan fingerprint density at radius 1 is 1.44 bits per heavy atom. The first-order chi connectivity index (χ1) is 7.80. The molecular weight excluding hydrogens is 268 g/mol. The lowest BCUT2D eigenvalue weighted by Crippen LogP contribution is -2.13. The van der Waals surface area contributed by atoms with E-state index in [1.54, 1.807) is 6.20 Å². The van der Waals surface area contributed by atoms with Crippen LogP contribution in [0.25, 0.3) is 0 Å². The molecule has 4 heteroatoms. The lowest BCUT2D eigenvalue weighted by atomic mass is 10.1. The van der Waals surface area contributed by atoms with E-state index in [4.69, 9.17) is 4.74 Å². The van der Waals surface area contributed by atoms with Crippen LogP contribution in [0, 0.1) is 5.92 Å². The molecule has 0 aliphatic heterocycles. The first-order valence-corrected chi connectivity index (χ1v) is 7.13. The molecule has 1 atom stereocenters. The molecule has 1 heterocycles. The van der Waals surface area contributed by atoms with E-state index in [9.17, 15) is 0 Å². The molecule has 0 saturated carbocycles. The van der Waals surface area contributed by atoms with Gasteiger partial charge in [0.2, 0.25) is 0 Å². The summed E-state index contributed by atoms with van der Waals surface area (Å²) in [6.07, 6.45) is 7.28. The van der Waals surface area contributed by atoms with Gasteiger partial charge in [0, 0.05) is 17.8 Å². The SMILES string of the molecule is CCCC(CBr)COc1cnn(CCC)c1. The summed E-state index contributed by atoms with van der Waals surface area (Å²) in [5.74, 6) is 1.48. The number of hydrogen-bond acceptors (Lipinski definition) is 2. The van der Waals surface area contributed by atoms with Gasteiger partial charge in [-0.25, -0.2) is 0 Å². The Morgan fingerprint density at radius 2 is 2.25 bits per heavy atom. The van der Waals surface area contributed by atoms with Crippen molar-refractivity contribution >= 4 is 15.9 Å². The lowest BCUT2D eigenvalue weighted by molar-refractivity contribution is 0.255. The van der Waals surface area contributed by atoms with Crippen LogP contribution in [-0.4, -0.2) is 21.7 Å². The van der Waals surface area contributed by atoms with E-state index in [1.807, 2.05) is 10.9 Å². The molecule has 0 saturated heterocycles. The third-order valence-corrected chi connectivity index (χ3v) is 3.38. The second-order valence-electron chi connectivity index (χ2n) is 4.06. The van der Waals surface area contributed by atoms with Crippen molar-refractivity contribution < 1.29 is 4.74 Å². The number of rotatable bonds is 8. The Morgan fingerprint density at radius 3 is 2.88 bits per heavy atom. The zero-order chi connectivity index (χ0) is 11.8. The number of ether oxygens (including phenoxy) is 1. The minimum Gasteiger partial charge on any atom is -0.490 e. The highest BCUT2D eigenvalue weighted by molar-refractivity contribution is 9.09. The summed E-state index contributed by atoms with van der Waals surface area (Å²) in [7, 11) is 0. The van der Waals surface area contributed by atoms with Gasteiger partial charge < -0.3 is 4.74 Å². The smallest absolute Gasteiger partial charge is 0.157 e. The van der Waals surface area contributed by atoms with E-state index >= 15 is 0 Å². The number of nitrogens with zero attached hydrogens (tertiary/aromatic N) is 2. The first-order valence-electron chi connectivity index (χ1n) is 6.01. The van der Waals surface area contributed by atoms with Crippen LogP contribution in [0.2, 0.25) is 0 Å². The highest BCUT2D eigenvalue weighted by Crippen LogP contribution is 2.14. The maximum absolute atomic E-state index is 5.73. The van der Waals surface area contributed by atoms with Crippen molar-refractivity contribution in [3.63, 3.8) is 0 Å². The molecule has 0 radical (unpaired) electrons. The summed E-state index contributed by atoms with van der Waals surface area (Å²) in [6.45, 7) is 6.08. The summed E-state index contributed by atoms with van der Waals surface area (Å²) in [5, 5.41) is 5.24. The summed E-state index contributed by atoms with van der Waals surface area (Å²) in [4.78, 5) is 0. The Bertz CT molecular complexity index is 288. The molecule has 0 aromatic carbocycles. The van der Waals surface area contributed by atoms with Gasteiger partial charge in [0.05, 0.1) is 19.0 Å². The van der Waals surface area contributed by atoms with Gasteiger partial charge >= 0.3 is 0 Å². The quantitative estimate of drug-likeness (QED) is 0.685. The van der Waals surface area contributed by atoms with E-state index in [0.29, 0.717) is 5.92 Å². The van der Waals surface area contributed by atoms with Crippen molar-refractivity contribution in [3.05, 3.63) is 12.4 Å². The molecule has 1 aromatic heterocycles. The Labute approximate surface area is 106 Å². The number of aromatic nitrogens is 2. The maximum atomic E-state index is 5.73. The van der Waals surface area contributed by atoms with E-state index < -0.39 is 0 Å². The van der Waals surface area contributed by atoms with Gasteiger partial charge in [-0.1, -0.05) is 36.2 Å². The number of halogens is 1. The fourth-order valence-corrected chi connectivity index (χ4v) is 2.11. The van der Waals surface area contributed by atoms with Gasteiger partial charge in [0.25, 0.3) is 0 Å². The summed E-state index contributed by atoms with van der Waals surface area (Å²) >= 11 is 3.52. The monoisotopic (exact) mass is 288 g/mol. The van der Waals surface area contributed by atoms with Crippen LogP contribution >= 0.6 is 15.9 Å². The predicted molar refractivity (Wildman–Crippen MR) is 70.2 cm³/mol. The highest BCUT2D eigenvalue weighted by Gasteiger charge is 2.07. The van der Waals surface area contributed by atoms with Crippen molar-refractivity contribution in [2.45, 2.75) is 39.7 Å². The van der Waals surface area contributed by atoms with Gasteiger partial charge in [-0.3, -0.25) is 4.68 Å². The topological polar surface area (TPSA) is 27.1 Å². The molecule has 0 bridgehead atoms. The van der Waals surface area contributed by atoms with Crippen LogP contribution < -0.4 is 4.74 Å². The third-order valence-electron chi connectivity index (χ3n) is 2.46. The summed E-state index contributed by atoms with van der Waals surface area (Å²) in [5.41, 5.74) is 0. The van der Waals surface area contributed by atoms with Crippen molar-refractivity contribution in [1.29, 1.82) is 0 Å². The molecule has 16 heavy (non-hydrogen) atoms. The molecule has 1 aromatic rings. The number of alkyl halides is 1. The van der Waals surface area contributed by atoms with E-state index in [2.05, 4.69) is 34.9 Å². The molecule has 92 valence electrons. The van der Waals surface area contributed by atoms with E-state index in [1.165, 1.54) is 12.8 Å². The van der Waals surface area contributed by atoms with Crippen molar-refractivity contribution in [2.75, 3.05) is 11.9 Å². The molecule has 1 rings (SSSR count). The van der Waals surface area contributed by atoms with E-state index in [0.717, 1.165) is 30.7 Å². The van der Waals surface area contributed by atoms with Crippen LogP contribution in [0.4, 0.5) is 0 Å². The lowest BCUT2D eigenvalue weighted by Gasteiger charge is -2.12. The summed E-state index contributed by atoms with van der Waals surface area (Å²) < 4.78 is 7.65. The normalized spacial score (nSPS) is 12.7. The molecule has 1 unspecified atom stereocenters. The van der Waals surface area contributed by atoms with Crippen molar-refractivity contribution in [3.8, 4) is 5.75 Å². The number of hydrogen-bond donors (Lipinski definition) is 0. The van der Waals surface area contributed by atoms with Crippen molar-refractivity contribution in [2.24, 2.45) is 5.92 Å². The highest BCUT2D eigenvalue weighted by atomic mass is 79.9. The minimum absolute atomic E-state index is 0.597. The Kier molecular flexibility index (Phi) is 6.53. The number of aryl methyl sites for hydroxylation is 1. The molecular formula is C12H21BrN2O. The zero-order valence-electron chi connectivity index (χ0n) is 10.2. The Hall–Kier alpha value is -0.510. The largest absolute Gasteiger partial charge is 0.490 e. The fraction of sp³-hybridized carbons (Fsp3) is 0.750. The molecule has 0 aliphatic carbocycles. The first kappa shape index (κ1) is 13.6. The minimum atomic E-state index is 0.597. The van der Waals surface area contributed by atoms with Gasteiger partial charge in [0.1, 0.15) is 0 Å². The third kappa shape index (κ3) is 4.56. The van der Waals surface area contributed by atoms with Crippen LogP contribution in [0.3, 0.4) is 0 Å².